The fraction of sp³-hybridized carbons (Fsp3) is 0.714. The first-order chi connectivity index (χ1) is 5.74. The number of aromatic nitrogens is 3. The minimum absolute atomic E-state index is 0.522. The van der Waals surface area contributed by atoms with Crippen LogP contribution in [0.15, 0.2) is 11.5 Å². The molecule has 68 valence electrons. The van der Waals surface area contributed by atoms with Crippen molar-refractivity contribution >= 4 is 23.4 Å². The van der Waals surface area contributed by atoms with Gasteiger partial charge in [-0.2, -0.15) is 0 Å². The van der Waals surface area contributed by atoms with Crippen LogP contribution in [-0.4, -0.2) is 26.4 Å². The first-order valence-electron chi connectivity index (χ1n) is 3.76. The van der Waals surface area contributed by atoms with Gasteiger partial charge in [0.15, 0.2) is 5.16 Å². The third-order valence-electron chi connectivity index (χ3n) is 1.43. The highest BCUT2D eigenvalue weighted by Crippen LogP contribution is 2.17. The van der Waals surface area contributed by atoms with E-state index in [2.05, 4.69) is 17.1 Å². The highest BCUT2D eigenvalue weighted by atomic mass is 35.5. The molecule has 0 bridgehead atoms. The van der Waals surface area contributed by atoms with Gasteiger partial charge in [-0.05, 0) is 5.92 Å². The Labute approximate surface area is 81.5 Å². The third kappa shape index (κ3) is 2.68. The second-order valence-electron chi connectivity index (χ2n) is 2.79. The number of hydrogen-bond donors (Lipinski definition) is 0. The van der Waals surface area contributed by atoms with Gasteiger partial charge in [-0.15, -0.1) is 21.8 Å². The summed E-state index contributed by atoms with van der Waals surface area (Å²) in [5, 5.41) is 8.69. The quantitative estimate of drug-likeness (QED) is 0.555. The molecule has 0 N–H and O–H groups in total. The van der Waals surface area contributed by atoms with Crippen LogP contribution >= 0.6 is 23.4 Å². The SMILES string of the molecule is CC(CCl)CSc1nncn1C. The van der Waals surface area contributed by atoms with Gasteiger partial charge in [0.25, 0.3) is 0 Å². The summed E-state index contributed by atoms with van der Waals surface area (Å²) in [6, 6.07) is 0. The van der Waals surface area contributed by atoms with E-state index in [9.17, 15) is 0 Å². The van der Waals surface area contributed by atoms with Gasteiger partial charge in [0.05, 0.1) is 0 Å². The van der Waals surface area contributed by atoms with E-state index < -0.39 is 0 Å². The van der Waals surface area contributed by atoms with Gasteiger partial charge in [-0.25, -0.2) is 0 Å². The molecule has 0 radical (unpaired) electrons. The second kappa shape index (κ2) is 4.72. The smallest absolute Gasteiger partial charge is 0.190 e. The second-order valence-corrected chi connectivity index (χ2v) is 4.09. The molecule has 0 aliphatic carbocycles. The standard InChI is InChI=1S/C7H12ClN3S/c1-6(3-8)4-12-7-10-9-5-11(7)2/h5-6H,3-4H2,1-2H3. The van der Waals surface area contributed by atoms with Crippen molar-refractivity contribution in [2.24, 2.45) is 13.0 Å². The summed E-state index contributed by atoms with van der Waals surface area (Å²) >= 11 is 7.37. The van der Waals surface area contributed by atoms with Gasteiger partial charge in [-0.1, -0.05) is 18.7 Å². The van der Waals surface area contributed by atoms with E-state index in [1.807, 2.05) is 11.6 Å². The van der Waals surface area contributed by atoms with Crippen molar-refractivity contribution in [2.45, 2.75) is 12.1 Å². The lowest BCUT2D eigenvalue weighted by atomic mass is 10.3. The Balaban J connectivity index is 2.38. The van der Waals surface area contributed by atoms with E-state index in [0.29, 0.717) is 11.8 Å². The van der Waals surface area contributed by atoms with Crippen LogP contribution in [0.1, 0.15) is 6.92 Å². The molecule has 1 aromatic heterocycles. The highest BCUT2D eigenvalue weighted by molar-refractivity contribution is 7.99. The minimum Gasteiger partial charge on any atom is -0.312 e. The van der Waals surface area contributed by atoms with Gasteiger partial charge in [0, 0.05) is 18.7 Å². The van der Waals surface area contributed by atoms with Crippen LogP contribution in [0.4, 0.5) is 0 Å². The van der Waals surface area contributed by atoms with E-state index in [-0.39, 0.29) is 0 Å². The van der Waals surface area contributed by atoms with E-state index in [0.717, 1.165) is 10.9 Å². The van der Waals surface area contributed by atoms with Gasteiger partial charge in [-0.3, -0.25) is 0 Å². The Kier molecular flexibility index (Phi) is 3.88. The van der Waals surface area contributed by atoms with Gasteiger partial charge in [0.1, 0.15) is 6.33 Å². The van der Waals surface area contributed by atoms with Gasteiger partial charge in [0.2, 0.25) is 0 Å². The maximum absolute atomic E-state index is 5.68. The van der Waals surface area contributed by atoms with Crippen LogP contribution in [0.3, 0.4) is 0 Å². The Bertz CT molecular complexity index is 238. The fourth-order valence-electron chi connectivity index (χ4n) is 0.665. The molecule has 0 saturated carbocycles. The van der Waals surface area contributed by atoms with Crippen LogP contribution < -0.4 is 0 Å². The maximum atomic E-state index is 5.68. The monoisotopic (exact) mass is 205 g/mol. The topological polar surface area (TPSA) is 30.7 Å². The van der Waals surface area contributed by atoms with E-state index in [1.54, 1.807) is 18.1 Å². The average Bonchev–Trinajstić information content (AvgIpc) is 2.47. The molecule has 1 aromatic rings. The molecule has 1 heterocycles. The normalized spacial score (nSPS) is 13.2. The summed E-state index contributed by atoms with van der Waals surface area (Å²) in [5.74, 6) is 2.22. The fourth-order valence-corrected chi connectivity index (χ4v) is 1.81. The minimum atomic E-state index is 0.522. The van der Waals surface area contributed by atoms with Crippen molar-refractivity contribution < 1.29 is 0 Å². The molecular weight excluding hydrogens is 194 g/mol. The zero-order valence-electron chi connectivity index (χ0n) is 7.20. The summed E-state index contributed by atoms with van der Waals surface area (Å²) < 4.78 is 1.91. The van der Waals surface area contributed by atoms with E-state index >= 15 is 0 Å². The van der Waals surface area contributed by atoms with Crippen molar-refractivity contribution in [3.8, 4) is 0 Å². The molecule has 0 amide bonds. The summed E-state index contributed by atoms with van der Waals surface area (Å²) in [4.78, 5) is 0. The van der Waals surface area contributed by atoms with E-state index in [1.165, 1.54) is 0 Å². The Hall–Kier alpha value is -0.220. The molecule has 5 heteroatoms. The molecular formula is C7H12ClN3S. The first kappa shape index (κ1) is 9.86. The Morgan fingerprint density at radius 1 is 1.75 bits per heavy atom. The number of thioether (sulfide) groups is 1. The number of aryl methyl sites for hydroxylation is 1. The average molecular weight is 206 g/mol. The first-order valence-corrected chi connectivity index (χ1v) is 5.28. The Morgan fingerprint density at radius 2 is 2.50 bits per heavy atom. The third-order valence-corrected chi connectivity index (χ3v) is 3.32. The van der Waals surface area contributed by atoms with Gasteiger partial charge >= 0.3 is 0 Å². The maximum Gasteiger partial charge on any atom is 0.190 e. The van der Waals surface area contributed by atoms with Crippen LogP contribution in [0, 0.1) is 5.92 Å². The van der Waals surface area contributed by atoms with Crippen molar-refractivity contribution in [2.75, 3.05) is 11.6 Å². The predicted octanol–water partition coefficient (Wildman–Crippen LogP) is 1.78. The van der Waals surface area contributed by atoms with Crippen LogP contribution in [0.5, 0.6) is 0 Å². The molecule has 0 spiro atoms. The number of hydrogen-bond acceptors (Lipinski definition) is 3. The van der Waals surface area contributed by atoms with Gasteiger partial charge < -0.3 is 4.57 Å². The lowest BCUT2D eigenvalue weighted by Gasteiger charge is -2.04. The number of alkyl halides is 1. The van der Waals surface area contributed by atoms with E-state index in [4.69, 9.17) is 11.6 Å². The molecule has 1 atom stereocenters. The predicted molar refractivity (Wildman–Crippen MR) is 51.6 cm³/mol. The molecule has 0 fully saturated rings. The molecule has 0 aliphatic heterocycles. The van der Waals surface area contributed by atoms with Crippen LogP contribution in [0.25, 0.3) is 0 Å². The summed E-state index contributed by atoms with van der Waals surface area (Å²) in [6.07, 6.45) is 1.70. The molecule has 12 heavy (non-hydrogen) atoms. The largest absolute Gasteiger partial charge is 0.312 e. The van der Waals surface area contributed by atoms with Crippen molar-refractivity contribution in [3.05, 3.63) is 6.33 Å². The molecule has 1 rings (SSSR count). The molecule has 3 nitrogen and oxygen atoms in total. The lowest BCUT2D eigenvalue weighted by molar-refractivity contribution is 0.745. The van der Waals surface area contributed by atoms with Crippen molar-refractivity contribution in [3.63, 3.8) is 0 Å². The zero-order valence-corrected chi connectivity index (χ0v) is 8.77. The highest BCUT2D eigenvalue weighted by Gasteiger charge is 2.04. The Morgan fingerprint density at radius 3 is 3.00 bits per heavy atom. The van der Waals surface area contributed by atoms with Crippen molar-refractivity contribution in [1.82, 2.24) is 14.8 Å². The number of halogens is 1. The summed E-state index contributed by atoms with van der Waals surface area (Å²) in [5.41, 5.74) is 0. The molecule has 0 aliphatic rings. The summed E-state index contributed by atoms with van der Waals surface area (Å²) in [6.45, 7) is 2.12. The zero-order chi connectivity index (χ0) is 8.97. The molecule has 1 unspecified atom stereocenters. The van der Waals surface area contributed by atoms with Crippen LogP contribution in [0.2, 0.25) is 0 Å². The number of nitrogens with zero attached hydrogens (tertiary/aromatic N) is 3. The van der Waals surface area contributed by atoms with Crippen LogP contribution in [-0.2, 0) is 7.05 Å². The summed E-state index contributed by atoms with van der Waals surface area (Å²) in [7, 11) is 1.94. The van der Waals surface area contributed by atoms with Crippen molar-refractivity contribution in [1.29, 1.82) is 0 Å². The number of rotatable bonds is 4. The molecule has 0 aromatic carbocycles. The lowest BCUT2D eigenvalue weighted by Crippen LogP contribution is -2.00. The molecule has 0 saturated heterocycles.